The van der Waals surface area contributed by atoms with Gasteiger partial charge in [0, 0.05) is 25.7 Å². The number of phosphoric acid groups is 2. The maximum absolute atomic E-state index is 13.1. The van der Waals surface area contributed by atoms with Gasteiger partial charge in [0.15, 0.2) is 12.2 Å². The average molecular weight is 1410 g/mol. The number of carbonyl (C=O) groups is 4. The zero-order valence-corrected chi connectivity index (χ0v) is 64.1. The van der Waals surface area contributed by atoms with Crippen molar-refractivity contribution in [3.05, 3.63) is 24.3 Å². The van der Waals surface area contributed by atoms with Gasteiger partial charge in [-0.1, -0.05) is 317 Å². The van der Waals surface area contributed by atoms with Crippen molar-refractivity contribution in [1.82, 2.24) is 0 Å². The third-order valence-electron chi connectivity index (χ3n) is 17.6. The van der Waals surface area contributed by atoms with Crippen LogP contribution in [0.5, 0.6) is 0 Å². The van der Waals surface area contributed by atoms with Crippen molar-refractivity contribution in [2.75, 3.05) is 39.6 Å². The minimum absolute atomic E-state index is 0.0989. The van der Waals surface area contributed by atoms with Crippen LogP contribution in [0.3, 0.4) is 0 Å². The third-order valence-corrected chi connectivity index (χ3v) is 19.5. The Kier molecular flexibility index (Phi) is 65.3. The molecule has 4 unspecified atom stereocenters. The van der Waals surface area contributed by atoms with Gasteiger partial charge in [-0.15, -0.1) is 0 Å². The van der Waals surface area contributed by atoms with E-state index < -0.39 is 97.5 Å². The first-order valence-electron chi connectivity index (χ1n) is 39.2. The molecule has 0 aliphatic rings. The number of phosphoric ester groups is 2. The van der Waals surface area contributed by atoms with Gasteiger partial charge in [-0.3, -0.25) is 37.3 Å². The molecule has 0 heterocycles. The summed E-state index contributed by atoms with van der Waals surface area (Å²) in [7, 11) is -9.92. The summed E-state index contributed by atoms with van der Waals surface area (Å²) < 4.78 is 68.4. The Morgan fingerprint density at radius 1 is 0.344 bits per heavy atom. The minimum Gasteiger partial charge on any atom is -0.462 e. The molecule has 3 N–H and O–H groups in total. The number of esters is 4. The lowest BCUT2D eigenvalue weighted by molar-refractivity contribution is -0.161. The van der Waals surface area contributed by atoms with Crippen molar-refractivity contribution < 1.29 is 80.2 Å². The molecular weight excluding hydrogens is 1260 g/mol. The van der Waals surface area contributed by atoms with E-state index in [9.17, 15) is 43.2 Å². The number of aliphatic hydroxyl groups excluding tert-OH is 1. The Hall–Kier alpha value is -2.46. The van der Waals surface area contributed by atoms with E-state index in [1.807, 2.05) is 0 Å². The van der Waals surface area contributed by atoms with Crippen LogP contribution in [0.1, 0.15) is 370 Å². The van der Waals surface area contributed by atoms with E-state index in [0.29, 0.717) is 37.5 Å². The molecule has 0 aliphatic carbocycles. The van der Waals surface area contributed by atoms with Crippen LogP contribution in [0.4, 0.5) is 0 Å². The Labute approximate surface area is 586 Å². The Morgan fingerprint density at radius 3 is 0.927 bits per heavy atom. The largest absolute Gasteiger partial charge is 0.472 e. The van der Waals surface area contributed by atoms with Gasteiger partial charge < -0.3 is 33.8 Å². The first-order valence-corrected chi connectivity index (χ1v) is 42.2. The van der Waals surface area contributed by atoms with Gasteiger partial charge >= 0.3 is 39.5 Å². The maximum Gasteiger partial charge on any atom is 0.472 e. The molecule has 0 aromatic heterocycles. The molecule has 0 saturated carbocycles. The molecule has 0 rings (SSSR count). The van der Waals surface area contributed by atoms with E-state index in [1.165, 1.54) is 154 Å². The van der Waals surface area contributed by atoms with Crippen molar-refractivity contribution in [2.24, 2.45) is 17.8 Å². The summed E-state index contributed by atoms with van der Waals surface area (Å²) in [6.45, 7) is 11.7. The summed E-state index contributed by atoms with van der Waals surface area (Å²) in [6.07, 6.45) is 56.7. The highest BCUT2D eigenvalue weighted by atomic mass is 31.2. The molecule has 0 amide bonds. The Balaban J connectivity index is 5.21. The molecular formula is C77H146O17P2. The van der Waals surface area contributed by atoms with Gasteiger partial charge in [0.05, 0.1) is 26.4 Å². The molecule has 19 heteroatoms. The van der Waals surface area contributed by atoms with Crippen LogP contribution in [-0.2, 0) is 65.4 Å². The molecule has 0 spiro atoms. The molecule has 0 aliphatic heterocycles. The van der Waals surface area contributed by atoms with Gasteiger partial charge in [-0.2, -0.15) is 0 Å². The predicted octanol–water partition coefficient (Wildman–Crippen LogP) is 22.1. The van der Waals surface area contributed by atoms with E-state index in [0.717, 1.165) is 121 Å². The van der Waals surface area contributed by atoms with Crippen molar-refractivity contribution in [3.8, 4) is 0 Å². The summed E-state index contributed by atoms with van der Waals surface area (Å²) in [4.78, 5) is 72.7. The topological polar surface area (TPSA) is 237 Å². The molecule has 0 bridgehead atoms. The minimum atomic E-state index is -4.97. The fourth-order valence-corrected chi connectivity index (χ4v) is 12.8. The Morgan fingerprint density at radius 2 is 0.615 bits per heavy atom. The standard InChI is InChI=1S/C77H146O17P2/c1-8-10-11-12-13-14-15-16-21-25-28-31-36-44-51-58-74(79)87-64-72(93-76(81)60-53-46-37-32-29-26-23-20-18-17-19-22-24-27-30-35-43-50-57-70(7)9-2)66-91-95(83,84)89-62-71(78)63-90-96(85,86)92-67-73(94-77(82)61-54-47-40-39-42-49-56-69(5)6)65-88-75(80)59-52-45-38-33-34-41-48-55-68(3)4/h14-16,21,68-73,78H,8-13,17-20,22-67H2,1-7H3,(H,83,84)(H,85,86)/b15-14-,21-16-/t70?,71?,72-,73-/m1/s1. The number of ether oxygens (including phenoxy) is 4. The lowest BCUT2D eigenvalue weighted by Crippen LogP contribution is -2.30. The molecule has 566 valence electrons. The summed E-state index contributed by atoms with van der Waals surface area (Å²) >= 11 is 0. The fourth-order valence-electron chi connectivity index (χ4n) is 11.2. The molecule has 0 fully saturated rings. The van der Waals surface area contributed by atoms with Gasteiger partial charge in [0.1, 0.15) is 19.3 Å². The smallest absolute Gasteiger partial charge is 0.462 e. The number of aliphatic hydroxyl groups is 1. The normalized spacial score (nSPS) is 14.5. The van der Waals surface area contributed by atoms with Crippen LogP contribution in [-0.4, -0.2) is 96.7 Å². The summed E-state index contributed by atoms with van der Waals surface area (Å²) in [5.41, 5.74) is 0. The highest BCUT2D eigenvalue weighted by Gasteiger charge is 2.30. The summed E-state index contributed by atoms with van der Waals surface area (Å²) in [5.74, 6) is 0.0861. The van der Waals surface area contributed by atoms with Crippen molar-refractivity contribution in [3.63, 3.8) is 0 Å². The number of hydrogen-bond donors (Lipinski definition) is 3. The zero-order chi connectivity index (χ0) is 70.9. The van der Waals surface area contributed by atoms with E-state index in [2.05, 4.69) is 72.8 Å². The maximum atomic E-state index is 13.1. The monoisotopic (exact) mass is 1410 g/mol. The van der Waals surface area contributed by atoms with Crippen LogP contribution in [0.2, 0.25) is 0 Å². The lowest BCUT2D eigenvalue weighted by atomic mass is 9.99. The van der Waals surface area contributed by atoms with E-state index in [1.54, 1.807) is 0 Å². The lowest BCUT2D eigenvalue weighted by Gasteiger charge is -2.21. The number of carbonyl (C=O) groups excluding carboxylic acids is 4. The quantitative estimate of drug-likeness (QED) is 0.0169. The first-order chi connectivity index (χ1) is 46.3. The fraction of sp³-hybridized carbons (Fsp3) is 0.896. The highest BCUT2D eigenvalue weighted by Crippen LogP contribution is 2.45. The van der Waals surface area contributed by atoms with Crippen LogP contribution in [0.25, 0.3) is 0 Å². The summed E-state index contributed by atoms with van der Waals surface area (Å²) in [5, 5.41) is 10.6. The number of unbranched alkanes of at least 4 members (excludes halogenated alkanes) is 37. The van der Waals surface area contributed by atoms with Crippen LogP contribution < -0.4 is 0 Å². The highest BCUT2D eigenvalue weighted by molar-refractivity contribution is 7.47. The second kappa shape index (κ2) is 67.1. The van der Waals surface area contributed by atoms with Gasteiger partial charge in [0.2, 0.25) is 0 Å². The van der Waals surface area contributed by atoms with Gasteiger partial charge in [-0.05, 0) is 69.1 Å². The van der Waals surface area contributed by atoms with Crippen LogP contribution in [0.15, 0.2) is 24.3 Å². The van der Waals surface area contributed by atoms with Gasteiger partial charge in [0.25, 0.3) is 0 Å². The van der Waals surface area contributed by atoms with Crippen molar-refractivity contribution in [1.29, 1.82) is 0 Å². The van der Waals surface area contributed by atoms with Crippen molar-refractivity contribution in [2.45, 2.75) is 388 Å². The summed E-state index contributed by atoms with van der Waals surface area (Å²) in [6, 6.07) is 0. The van der Waals surface area contributed by atoms with E-state index in [4.69, 9.17) is 37.0 Å². The molecule has 0 radical (unpaired) electrons. The number of rotatable bonds is 73. The second-order valence-electron chi connectivity index (χ2n) is 28.3. The second-order valence-corrected chi connectivity index (χ2v) is 31.2. The predicted molar refractivity (Wildman–Crippen MR) is 390 cm³/mol. The van der Waals surface area contributed by atoms with Crippen molar-refractivity contribution >= 4 is 39.5 Å². The Bertz CT molecular complexity index is 1970. The van der Waals surface area contributed by atoms with Gasteiger partial charge in [-0.25, -0.2) is 9.13 Å². The zero-order valence-electron chi connectivity index (χ0n) is 62.3. The molecule has 0 saturated heterocycles. The molecule has 96 heavy (non-hydrogen) atoms. The van der Waals surface area contributed by atoms with E-state index >= 15 is 0 Å². The molecule has 17 nitrogen and oxygen atoms in total. The first kappa shape index (κ1) is 93.5. The third kappa shape index (κ3) is 68.7. The van der Waals surface area contributed by atoms with E-state index in [-0.39, 0.29) is 25.7 Å². The van der Waals surface area contributed by atoms with Crippen LogP contribution >= 0.6 is 15.6 Å². The van der Waals surface area contributed by atoms with Crippen LogP contribution in [0, 0.1) is 17.8 Å². The average Bonchev–Trinajstić information content (AvgIpc) is 1.82. The molecule has 6 atom stereocenters. The molecule has 0 aromatic rings. The number of allylic oxidation sites excluding steroid dienone is 4. The molecule has 0 aromatic carbocycles. The SMILES string of the molecule is CCCCCC/C=C\C=C/CCCCCCCC(=O)OC[C@H](COP(=O)(O)OCC(O)COP(=O)(O)OC[C@@H](COC(=O)CCCCCCCCCC(C)C)OC(=O)CCCCCCCCC(C)C)OC(=O)CCCCCCCCCCCCCCCCCCCCC(C)CC. The number of hydrogen-bond acceptors (Lipinski definition) is 15.